The van der Waals surface area contributed by atoms with Gasteiger partial charge in [0.2, 0.25) is 5.82 Å². The van der Waals surface area contributed by atoms with Crippen LogP contribution in [0.1, 0.15) is 40.0 Å². The average Bonchev–Trinajstić information content (AvgIpc) is 3.00. The van der Waals surface area contributed by atoms with Crippen molar-refractivity contribution >= 4 is 6.09 Å². The minimum absolute atomic E-state index is 0.0776. The first-order valence-electron chi connectivity index (χ1n) is 9.51. The van der Waals surface area contributed by atoms with Gasteiger partial charge in [0.05, 0.1) is 23.1 Å². The Morgan fingerprint density at radius 2 is 1.77 bits per heavy atom. The van der Waals surface area contributed by atoms with E-state index in [2.05, 4.69) is 15.0 Å². The fourth-order valence-corrected chi connectivity index (χ4v) is 4.32. The lowest BCUT2D eigenvalue weighted by Gasteiger charge is -2.70. The predicted molar refractivity (Wildman–Crippen MR) is 98.2 cm³/mol. The summed E-state index contributed by atoms with van der Waals surface area (Å²) in [7, 11) is 0. The normalized spacial score (nSPS) is 24.8. The van der Waals surface area contributed by atoms with Crippen LogP contribution in [0.15, 0.2) is 24.7 Å². The third-order valence-corrected chi connectivity index (χ3v) is 5.45. The molecule has 5 rings (SSSR count). The Balaban J connectivity index is 1.45. The van der Waals surface area contributed by atoms with Crippen LogP contribution in [0.3, 0.4) is 0 Å². The Bertz CT molecular complexity index is 1020. The minimum atomic E-state index is -5.14. The molecule has 3 saturated carbocycles. The van der Waals surface area contributed by atoms with Crippen molar-refractivity contribution in [3.63, 3.8) is 0 Å². The van der Waals surface area contributed by atoms with E-state index in [-0.39, 0.29) is 22.3 Å². The molecule has 0 aliphatic heterocycles. The van der Waals surface area contributed by atoms with Gasteiger partial charge in [0.15, 0.2) is 11.6 Å². The van der Waals surface area contributed by atoms with Crippen molar-refractivity contribution in [3.05, 3.63) is 36.3 Å². The summed E-state index contributed by atoms with van der Waals surface area (Å²) in [6.45, 7) is 5.31. The number of carbonyl (C=O) groups excluding carboxylic acids is 1. The van der Waals surface area contributed by atoms with Crippen LogP contribution in [0, 0.1) is 11.6 Å². The first-order valence-corrected chi connectivity index (χ1v) is 9.51. The van der Waals surface area contributed by atoms with Gasteiger partial charge in [-0.2, -0.15) is 4.39 Å². The van der Waals surface area contributed by atoms with Crippen LogP contribution in [0.25, 0.3) is 11.3 Å². The molecule has 11 heteroatoms. The molecule has 3 aliphatic rings. The van der Waals surface area contributed by atoms with Gasteiger partial charge >= 0.3 is 12.5 Å². The quantitative estimate of drug-likeness (QED) is 0.682. The Hall–Kier alpha value is -2.85. The van der Waals surface area contributed by atoms with Crippen LogP contribution in [0.5, 0.6) is 5.75 Å². The molecular weight excluding hydrogens is 425 g/mol. The average molecular weight is 445 g/mol. The lowest BCUT2D eigenvalue weighted by atomic mass is 9.44. The maximum absolute atomic E-state index is 14.3. The summed E-state index contributed by atoms with van der Waals surface area (Å²) >= 11 is 0. The SMILES string of the molecule is CC(C)(C)OC(=O)NC12CC(n3cnc(-c4ccc(OC(F)(F)F)c(F)c4F)c3)(C1)C2. The molecule has 168 valence electrons. The molecule has 6 nitrogen and oxygen atoms in total. The molecule has 2 bridgehead atoms. The van der Waals surface area contributed by atoms with E-state index in [4.69, 9.17) is 4.74 Å². The van der Waals surface area contributed by atoms with Gasteiger partial charge in [0.1, 0.15) is 5.60 Å². The van der Waals surface area contributed by atoms with E-state index in [0.29, 0.717) is 25.3 Å². The van der Waals surface area contributed by atoms with Crippen molar-refractivity contribution in [2.24, 2.45) is 0 Å². The summed E-state index contributed by atoms with van der Waals surface area (Å²) in [5.74, 6) is -4.47. The van der Waals surface area contributed by atoms with E-state index in [0.717, 1.165) is 6.07 Å². The molecule has 1 aromatic carbocycles. The molecule has 3 fully saturated rings. The topological polar surface area (TPSA) is 65.4 Å². The first kappa shape index (κ1) is 21.4. The van der Waals surface area contributed by atoms with Gasteiger partial charge in [-0.05, 0) is 52.2 Å². The number of nitrogens with zero attached hydrogens (tertiary/aromatic N) is 2. The van der Waals surface area contributed by atoms with Crippen LogP contribution in [-0.4, -0.2) is 33.1 Å². The van der Waals surface area contributed by atoms with E-state index in [1.807, 2.05) is 0 Å². The molecule has 1 heterocycles. The first-order chi connectivity index (χ1) is 14.2. The fourth-order valence-electron chi connectivity index (χ4n) is 4.32. The second kappa shape index (κ2) is 6.57. The molecule has 1 N–H and O–H groups in total. The van der Waals surface area contributed by atoms with Gasteiger partial charge in [-0.25, -0.2) is 14.2 Å². The van der Waals surface area contributed by atoms with Crippen LogP contribution in [0.2, 0.25) is 0 Å². The zero-order valence-corrected chi connectivity index (χ0v) is 16.9. The minimum Gasteiger partial charge on any atom is -0.444 e. The molecule has 0 radical (unpaired) electrons. The summed E-state index contributed by atoms with van der Waals surface area (Å²) < 4.78 is 75.7. The second-order valence-corrected chi connectivity index (χ2v) is 9.12. The molecule has 3 aliphatic carbocycles. The van der Waals surface area contributed by atoms with E-state index < -0.39 is 35.4 Å². The van der Waals surface area contributed by atoms with Gasteiger partial charge < -0.3 is 19.4 Å². The van der Waals surface area contributed by atoms with Gasteiger partial charge in [-0.3, -0.25) is 0 Å². The van der Waals surface area contributed by atoms with Crippen LogP contribution in [-0.2, 0) is 10.3 Å². The Labute approximate surface area is 174 Å². The lowest BCUT2D eigenvalue weighted by molar-refractivity contribution is -0.275. The third-order valence-electron chi connectivity index (χ3n) is 5.45. The molecular formula is C20H20F5N3O3. The number of benzene rings is 1. The van der Waals surface area contributed by atoms with Gasteiger partial charge in [0.25, 0.3) is 0 Å². The lowest BCUT2D eigenvalue weighted by Crippen LogP contribution is -2.78. The number of carbonyl (C=O) groups is 1. The number of amides is 1. The zero-order valence-electron chi connectivity index (χ0n) is 16.9. The highest BCUT2D eigenvalue weighted by atomic mass is 19.4. The van der Waals surface area contributed by atoms with Crippen LogP contribution < -0.4 is 10.1 Å². The smallest absolute Gasteiger partial charge is 0.444 e. The number of halogens is 5. The van der Waals surface area contributed by atoms with E-state index in [1.54, 1.807) is 25.3 Å². The number of alkyl carbamates (subject to hydrolysis) is 1. The Kier molecular flexibility index (Phi) is 4.53. The highest BCUT2D eigenvalue weighted by Gasteiger charge is 2.70. The molecule has 0 unspecified atom stereocenters. The number of imidazole rings is 1. The highest BCUT2D eigenvalue weighted by Crippen LogP contribution is 2.65. The number of ether oxygens (including phenoxy) is 2. The summed E-state index contributed by atoms with van der Waals surface area (Å²) in [4.78, 5) is 16.1. The summed E-state index contributed by atoms with van der Waals surface area (Å²) in [5, 5.41) is 2.88. The molecule has 1 aromatic heterocycles. The third kappa shape index (κ3) is 3.92. The van der Waals surface area contributed by atoms with Crippen molar-refractivity contribution in [2.75, 3.05) is 0 Å². The molecule has 0 spiro atoms. The Morgan fingerprint density at radius 3 is 2.35 bits per heavy atom. The van der Waals surface area contributed by atoms with Crippen molar-refractivity contribution < 1.29 is 36.2 Å². The largest absolute Gasteiger partial charge is 0.573 e. The molecule has 31 heavy (non-hydrogen) atoms. The number of hydrogen-bond acceptors (Lipinski definition) is 4. The standard InChI is InChI=1S/C20H20F5N3O3/c1-17(2,3)31-16(29)27-18-7-19(8-18,9-18)28-6-12(26-10-28)11-4-5-13(15(22)14(11)21)30-20(23,24)25/h4-6,10H,7-9H2,1-3H3,(H,27,29). The highest BCUT2D eigenvalue weighted by molar-refractivity contribution is 5.70. The number of rotatable bonds is 4. The maximum Gasteiger partial charge on any atom is 0.573 e. The number of aromatic nitrogens is 2. The van der Waals surface area contributed by atoms with Gasteiger partial charge in [0, 0.05) is 11.8 Å². The number of nitrogens with one attached hydrogen (secondary N) is 1. The predicted octanol–water partition coefficient (Wildman–Crippen LogP) is 4.88. The zero-order chi connectivity index (χ0) is 22.8. The number of hydrogen-bond donors (Lipinski definition) is 1. The van der Waals surface area contributed by atoms with E-state index in [9.17, 15) is 26.7 Å². The maximum atomic E-state index is 14.3. The van der Waals surface area contributed by atoms with Crippen molar-refractivity contribution in [1.82, 2.24) is 14.9 Å². The van der Waals surface area contributed by atoms with Crippen molar-refractivity contribution in [3.8, 4) is 17.0 Å². The van der Waals surface area contributed by atoms with Crippen molar-refractivity contribution in [1.29, 1.82) is 0 Å². The summed E-state index contributed by atoms with van der Waals surface area (Å²) in [5.41, 5.74) is -1.47. The molecule has 0 atom stereocenters. The molecule has 2 aromatic rings. The van der Waals surface area contributed by atoms with Gasteiger partial charge in [-0.1, -0.05) is 0 Å². The molecule has 1 amide bonds. The van der Waals surface area contributed by atoms with Crippen LogP contribution >= 0.6 is 0 Å². The van der Waals surface area contributed by atoms with Crippen LogP contribution in [0.4, 0.5) is 26.7 Å². The van der Waals surface area contributed by atoms with E-state index >= 15 is 0 Å². The summed E-state index contributed by atoms with van der Waals surface area (Å²) in [6.07, 6.45) is -0.768. The fraction of sp³-hybridized carbons (Fsp3) is 0.500. The summed E-state index contributed by atoms with van der Waals surface area (Å²) in [6, 6.07) is 1.70. The number of alkyl halides is 3. The Morgan fingerprint density at radius 1 is 1.13 bits per heavy atom. The second-order valence-electron chi connectivity index (χ2n) is 9.12. The monoisotopic (exact) mass is 445 g/mol. The molecule has 0 saturated heterocycles. The van der Waals surface area contributed by atoms with Crippen molar-refractivity contribution in [2.45, 2.75) is 63.1 Å². The van der Waals surface area contributed by atoms with E-state index in [1.165, 1.54) is 12.5 Å². The van der Waals surface area contributed by atoms with Gasteiger partial charge in [-0.15, -0.1) is 13.2 Å².